The molecule has 0 aliphatic carbocycles. The molecule has 0 bridgehead atoms. The lowest BCUT2D eigenvalue weighted by molar-refractivity contribution is -0.116. The molecule has 1 aliphatic heterocycles. The van der Waals surface area contributed by atoms with E-state index in [1.165, 1.54) is 6.92 Å². The molecular weight excluding hydrogens is 348 g/mol. The molecule has 2 amide bonds. The summed E-state index contributed by atoms with van der Waals surface area (Å²) < 4.78 is 11.0. The predicted octanol–water partition coefficient (Wildman–Crippen LogP) is 2.47. The number of fused-ring (bicyclic) bond motifs is 2. The highest BCUT2D eigenvalue weighted by Crippen LogP contribution is 2.31. The highest BCUT2D eigenvalue weighted by Gasteiger charge is 2.15. The minimum absolute atomic E-state index is 0.151. The zero-order valence-corrected chi connectivity index (χ0v) is 14.7. The van der Waals surface area contributed by atoms with E-state index >= 15 is 0 Å². The lowest BCUT2D eigenvalue weighted by Gasteiger charge is -2.18. The first-order valence-corrected chi connectivity index (χ1v) is 8.52. The molecule has 0 fully saturated rings. The van der Waals surface area contributed by atoms with Crippen molar-refractivity contribution in [2.45, 2.75) is 13.3 Å². The van der Waals surface area contributed by atoms with Gasteiger partial charge in [0.25, 0.3) is 0 Å². The van der Waals surface area contributed by atoms with E-state index in [4.69, 9.17) is 9.47 Å². The van der Waals surface area contributed by atoms with Gasteiger partial charge in [-0.3, -0.25) is 14.7 Å². The van der Waals surface area contributed by atoms with E-state index in [1.807, 2.05) is 18.2 Å². The monoisotopic (exact) mass is 366 g/mol. The van der Waals surface area contributed by atoms with Gasteiger partial charge in [0, 0.05) is 18.0 Å². The second-order valence-corrected chi connectivity index (χ2v) is 6.22. The number of carbonyl (C=O) groups excluding carboxylic acids is 2. The predicted molar refractivity (Wildman–Crippen MR) is 100 cm³/mol. The topological polar surface area (TPSA) is 105 Å². The molecule has 138 valence electrons. The van der Waals surface area contributed by atoms with Crippen molar-refractivity contribution in [2.24, 2.45) is 0 Å². The number of carbonyl (C=O) groups is 2. The first-order valence-electron chi connectivity index (χ1n) is 8.52. The number of aromatic amines is 1. The van der Waals surface area contributed by atoms with E-state index in [2.05, 4.69) is 20.8 Å². The minimum atomic E-state index is -0.189. The molecule has 1 aliphatic rings. The maximum Gasteiger partial charge on any atom is 0.230 e. The number of aromatic nitrogens is 2. The molecule has 0 unspecified atom stereocenters. The Labute approximate surface area is 154 Å². The van der Waals surface area contributed by atoms with Crippen LogP contribution in [0.25, 0.3) is 10.9 Å². The number of hydrogen-bond donors (Lipinski definition) is 3. The van der Waals surface area contributed by atoms with Crippen LogP contribution >= 0.6 is 0 Å². The van der Waals surface area contributed by atoms with Crippen molar-refractivity contribution in [3.8, 4) is 11.5 Å². The van der Waals surface area contributed by atoms with Gasteiger partial charge < -0.3 is 20.1 Å². The molecule has 0 radical (unpaired) electrons. The summed E-state index contributed by atoms with van der Waals surface area (Å²) >= 11 is 0. The molecule has 2 aromatic carbocycles. The number of ether oxygens (including phenoxy) is 2. The van der Waals surface area contributed by atoms with Gasteiger partial charge in [0.2, 0.25) is 11.8 Å². The molecule has 0 saturated heterocycles. The van der Waals surface area contributed by atoms with E-state index in [0.29, 0.717) is 36.2 Å². The van der Waals surface area contributed by atoms with Crippen LogP contribution in [0.1, 0.15) is 12.5 Å². The fraction of sp³-hybridized carbons (Fsp3) is 0.211. The van der Waals surface area contributed by atoms with Crippen molar-refractivity contribution >= 4 is 34.2 Å². The van der Waals surface area contributed by atoms with Gasteiger partial charge in [0.15, 0.2) is 17.3 Å². The summed E-state index contributed by atoms with van der Waals surface area (Å²) in [4.78, 5) is 23.6. The van der Waals surface area contributed by atoms with Gasteiger partial charge >= 0.3 is 0 Å². The molecule has 3 aromatic rings. The molecule has 0 saturated carbocycles. The van der Waals surface area contributed by atoms with E-state index in [-0.39, 0.29) is 18.2 Å². The largest absolute Gasteiger partial charge is 0.486 e. The van der Waals surface area contributed by atoms with E-state index in [9.17, 15) is 9.59 Å². The zero-order chi connectivity index (χ0) is 18.8. The van der Waals surface area contributed by atoms with E-state index in [0.717, 1.165) is 16.5 Å². The van der Waals surface area contributed by atoms with Crippen molar-refractivity contribution in [1.29, 1.82) is 0 Å². The van der Waals surface area contributed by atoms with Gasteiger partial charge in [0.05, 0.1) is 11.9 Å². The summed E-state index contributed by atoms with van der Waals surface area (Å²) in [5, 5.41) is 13.3. The molecule has 4 rings (SSSR count). The smallest absolute Gasteiger partial charge is 0.230 e. The van der Waals surface area contributed by atoms with Gasteiger partial charge in [-0.05, 0) is 35.9 Å². The van der Waals surface area contributed by atoms with Crippen LogP contribution in [0, 0.1) is 0 Å². The summed E-state index contributed by atoms with van der Waals surface area (Å²) in [6.07, 6.45) is 0.189. The SMILES string of the molecule is CC(=O)Nc1ccc2c(NC(=O)Cc3ccc4c(c3)OCCO4)n[nH]c2c1. The summed E-state index contributed by atoms with van der Waals surface area (Å²) in [6.45, 7) is 2.48. The molecule has 8 heteroatoms. The summed E-state index contributed by atoms with van der Waals surface area (Å²) in [5.74, 6) is 1.45. The highest BCUT2D eigenvalue weighted by atomic mass is 16.6. The Morgan fingerprint density at radius 2 is 1.89 bits per heavy atom. The summed E-state index contributed by atoms with van der Waals surface area (Å²) in [7, 11) is 0. The molecule has 0 spiro atoms. The molecule has 27 heavy (non-hydrogen) atoms. The Kier molecular flexibility index (Phi) is 4.37. The van der Waals surface area contributed by atoms with Crippen LogP contribution in [-0.2, 0) is 16.0 Å². The van der Waals surface area contributed by atoms with Crippen LogP contribution in [0.4, 0.5) is 11.5 Å². The van der Waals surface area contributed by atoms with Gasteiger partial charge in [-0.2, -0.15) is 5.10 Å². The summed E-state index contributed by atoms with van der Waals surface area (Å²) in [6, 6.07) is 10.8. The number of nitrogens with zero attached hydrogens (tertiary/aromatic N) is 1. The molecule has 8 nitrogen and oxygen atoms in total. The molecule has 3 N–H and O–H groups in total. The molecule has 1 aromatic heterocycles. The van der Waals surface area contributed by atoms with Crippen LogP contribution in [0.2, 0.25) is 0 Å². The van der Waals surface area contributed by atoms with Crippen molar-refractivity contribution in [3.63, 3.8) is 0 Å². The maximum absolute atomic E-state index is 12.4. The molecule has 0 atom stereocenters. The number of rotatable bonds is 4. The maximum atomic E-state index is 12.4. The average Bonchev–Trinajstić information content (AvgIpc) is 3.03. The van der Waals surface area contributed by atoms with Crippen molar-refractivity contribution in [3.05, 3.63) is 42.0 Å². The van der Waals surface area contributed by atoms with Gasteiger partial charge in [-0.25, -0.2) is 0 Å². The number of benzene rings is 2. The number of nitrogens with one attached hydrogen (secondary N) is 3. The van der Waals surface area contributed by atoms with E-state index in [1.54, 1.807) is 18.2 Å². The average molecular weight is 366 g/mol. The fourth-order valence-corrected chi connectivity index (χ4v) is 2.96. The van der Waals surface area contributed by atoms with Crippen LogP contribution in [-0.4, -0.2) is 35.2 Å². The fourth-order valence-electron chi connectivity index (χ4n) is 2.96. The molecular formula is C19H18N4O4. The van der Waals surface area contributed by atoms with Crippen LogP contribution < -0.4 is 20.1 Å². The minimum Gasteiger partial charge on any atom is -0.486 e. The van der Waals surface area contributed by atoms with Crippen LogP contribution in [0.3, 0.4) is 0 Å². The van der Waals surface area contributed by atoms with E-state index < -0.39 is 0 Å². The molecule has 2 heterocycles. The number of anilines is 2. The van der Waals surface area contributed by atoms with Crippen molar-refractivity contribution in [1.82, 2.24) is 10.2 Å². The third-order valence-corrected chi connectivity index (χ3v) is 4.11. The summed E-state index contributed by atoms with van der Waals surface area (Å²) in [5.41, 5.74) is 2.20. The van der Waals surface area contributed by atoms with Crippen LogP contribution in [0.15, 0.2) is 36.4 Å². The van der Waals surface area contributed by atoms with Crippen molar-refractivity contribution in [2.75, 3.05) is 23.8 Å². The van der Waals surface area contributed by atoms with Crippen molar-refractivity contribution < 1.29 is 19.1 Å². The Bertz CT molecular complexity index is 1030. The second-order valence-electron chi connectivity index (χ2n) is 6.22. The normalized spacial score (nSPS) is 12.6. The lowest BCUT2D eigenvalue weighted by atomic mass is 10.1. The van der Waals surface area contributed by atoms with Crippen LogP contribution in [0.5, 0.6) is 11.5 Å². The number of hydrogen-bond acceptors (Lipinski definition) is 5. The quantitative estimate of drug-likeness (QED) is 0.658. The van der Waals surface area contributed by atoms with Gasteiger partial charge in [-0.1, -0.05) is 6.07 Å². The lowest BCUT2D eigenvalue weighted by Crippen LogP contribution is -2.17. The highest BCUT2D eigenvalue weighted by molar-refractivity contribution is 6.01. The third-order valence-electron chi connectivity index (χ3n) is 4.11. The number of H-pyrrole nitrogens is 1. The Morgan fingerprint density at radius 1 is 1.07 bits per heavy atom. The first-order chi connectivity index (χ1) is 13.1. The Hall–Kier alpha value is -3.55. The third kappa shape index (κ3) is 3.69. The number of amides is 2. The first kappa shape index (κ1) is 16.9. The zero-order valence-electron chi connectivity index (χ0n) is 14.7. The van der Waals surface area contributed by atoms with Gasteiger partial charge in [-0.15, -0.1) is 0 Å². The Morgan fingerprint density at radius 3 is 2.70 bits per heavy atom. The standard InChI is InChI=1S/C19H18N4O4/c1-11(24)20-13-3-4-14-15(10-13)22-23-19(14)21-18(25)9-12-2-5-16-17(8-12)27-7-6-26-16/h2-5,8,10H,6-7,9H2,1H3,(H,20,24)(H2,21,22,23,25). The Balaban J connectivity index is 1.47. The van der Waals surface area contributed by atoms with Gasteiger partial charge in [0.1, 0.15) is 13.2 Å². The second kappa shape index (κ2) is 6.99.